The second kappa shape index (κ2) is 5.84. The van der Waals surface area contributed by atoms with E-state index in [4.69, 9.17) is 5.73 Å². The molecule has 0 unspecified atom stereocenters. The first kappa shape index (κ1) is 17.8. The van der Waals surface area contributed by atoms with E-state index in [1.165, 1.54) is 20.8 Å². The van der Waals surface area contributed by atoms with Crippen LogP contribution in [-0.4, -0.2) is 15.4 Å². The molecule has 0 spiro atoms. The van der Waals surface area contributed by atoms with Crippen molar-refractivity contribution >= 4 is 17.5 Å². The van der Waals surface area contributed by atoms with Crippen LogP contribution in [0.1, 0.15) is 27.8 Å². The summed E-state index contributed by atoms with van der Waals surface area (Å²) < 4.78 is 76.4. The van der Waals surface area contributed by atoms with E-state index in [-0.39, 0.29) is 23.2 Å². The summed E-state index contributed by atoms with van der Waals surface area (Å²) in [6.45, 7) is -1.11. The van der Waals surface area contributed by atoms with Crippen LogP contribution in [0, 0.1) is 20.8 Å². The number of halogens is 4. The Hall–Kier alpha value is -1.29. The molecule has 0 aliphatic carbocycles. The summed E-state index contributed by atoms with van der Waals surface area (Å²) in [5, 5.41) is 0. The van der Waals surface area contributed by atoms with Gasteiger partial charge in [-0.2, -0.15) is 8.42 Å². The Morgan fingerprint density at radius 1 is 1.05 bits per heavy atom. The van der Waals surface area contributed by atoms with Gasteiger partial charge in [0.2, 0.25) is 0 Å². The molecular weight excluding hydrogens is 313 g/mol. The fraction of sp³-hybridized carbons (Fsp3) is 0.455. The molecule has 0 heterocycles. The fourth-order valence-electron chi connectivity index (χ4n) is 2.37. The van der Waals surface area contributed by atoms with Crippen LogP contribution in [0.3, 0.4) is 0 Å². The summed E-state index contributed by atoms with van der Waals surface area (Å²) in [7, 11) is -5.34. The molecule has 10 heteroatoms. The zero-order valence-electron chi connectivity index (χ0n) is 11.7. The average molecular weight is 328 g/mol. The van der Waals surface area contributed by atoms with Crippen LogP contribution in [0.5, 0.6) is 5.75 Å². The highest BCUT2D eigenvalue weighted by Crippen LogP contribution is 2.36. The normalized spacial score (nSPS) is 12.6. The molecule has 0 aromatic heterocycles. The third kappa shape index (κ3) is 4.34. The maximum atomic E-state index is 12.7. The van der Waals surface area contributed by atoms with Gasteiger partial charge in [-0.25, -0.2) is 0 Å². The zero-order valence-corrected chi connectivity index (χ0v) is 12.5. The van der Waals surface area contributed by atoms with Gasteiger partial charge in [0.05, 0.1) is 0 Å². The third-order valence-corrected chi connectivity index (χ3v) is 3.68. The maximum Gasteiger partial charge on any atom is 0.488 e. The summed E-state index contributed by atoms with van der Waals surface area (Å²) >= 11 is 0. The van der Waals surface area contributed by atoms with Gasteiger partial charge in [-0.05, 0) is 43.0 Å². The molecule has 1 aromatic rings. The van der Waals surface area contributed by atoms with E-state index in [0.29, 0.717) is 11.1 Å². The Labute approximate surface area is 120 Å². The molecule has 0 aliphatic rings. The van der Waals surface area contributed by atoms with Gasteiger partial charge >= 0.3 is 17.5 Å². The molecule has 2 N–H and O–H groups in total. The minimum absolute atomic E-state index is 0.0531. The second-order valence-electron chi connectivity index (χ2n) is 4.76. The van der Waals surface area contributed by atoms with Gasteiger partial charge in [0.15, 0.2) is 5.75 Å². The molecule has 0 radical (unpaired) electrons. The number of hydrogen-bond acceptors (Lipinski definition) is 4. The highest BCUT2D eigenvalue weighted by atomic mass is 32.3. The lowest BCUT2D eigenvalue weighted by Crippen LogP contribution is -2.22. The molecule has 0 fully saturated rings. The highest BCUT2D eigenvalue weighted by molar-refractivity contribution is 7.81. The molecule has 0 aliphatic heterocycles. The van der Waals surface area contributed by atoms with Crippen molar-refractivity contribution in [3.63, 3.8) is 0 Å². The molecule has 21 heavy (non-hydrogen) atoms. The van der Waals surface area contributed by atoms with E-state index in [1.54, 1.807) is 0 Å². The van der Waals surface area contributed by atoms with Crippen LogP contribution in [-0.2, 0) is 23.4 Å². The second-order valence-corrected chi connectivity index (χ2v) is 5.71. The summed E-state index contributed by atoms with van der Waals surface area (Å²) in [5.74, 6) is -0.432. The molecular formula is C11H15BF4NO3S-. The summed E-state index contributed by atoms with van der Waals surface area (Å²) in [5.41, 5.74) is 6.15. The average Bonchev–Trinajstić information content (AvgIpc) is 2.29. The van der Waals surface area contributed by atoms with Crippen molar-refractivity contribution < 1.29 is 29.4 Å². The van der Waals surface area contributed by atoms with Crippen LogP contribution in [0.25, 0.3) is 0 Å². The van der Waals surface area contributed by atoms with Crippen molar-refractivity contribution in [2.45, 2.75) is 33.6 Å². The topological polar surface area (TPSA) is 69.4 Å². The number of benzene rings is 1. The Morgan fingerprint density at radius 2 is 1.52 bits per heavy atom. The van der Waals surface area contributed by atoms with E-state index in [2.05, 4.69) is 4.18 Å². The SMILES string of the molecule is Cc1c(CN)c(C)c(OS(=O)(=O)F)c(C)c1C[B-](F)(F)F. The first-order valence-corrected chi connectivity index (χ1v) is 7.35. The molecule has 0 amide bonds. The van der Waals surface area contributed by atoms with Crippen molar-refractivity contribution in [2.24, 2.45) is 5.73 Å². The molecule has 0 bridgehead atoms. The third-order valence-electron chi connectivity index (χ3n) is 3.31. The van der Waals surface area contributed by atoms with Crippen molar-refractivity contribution in [1.29, 1.82) is 0 Å². The predicted octanol–water partition coefficient (Wildman–Crippen LogP) is 2.59. The van der Waals surface area contributed by atoms with Crippen molar-refractivity contribution in [2.75, 3.05) is 0 Å². The standard InChI is InChI=1S/C11H15BF4NO3S/c1-6-9(4-12(13,14)15)7(2)11(20-21(16,18)19)8(3)10(6)5-17/h4-5,17H2,1-3H3/q-1. The lowest BCUT2D eigenvalue weighted by Gasteiger charge is -2.23. The number of nitrogens with two attached hydrogens (primary N) is 1. The molecule has 120 valence electrons. The molecule has 0 saturated carbocycles. The minimum atomic E-state index is -5.34. The first-order chi connectivity index (χ1) is 9.37. The van der Waals surface area contributed by atoms with E-state index in [1.807, 2.05) is 0 Å². The van der Waals surface area contributed by atoms with Crippen molar-refractivity contribution in [1.82, 2.24) is 0 Å². The van der Waals surface area contributed by atoms with E-state index >= 15 is 0 Å². The lowest BCUT2D eigenvalue weighted by molar-refractivity contribution is 0.436. The quantitative estimate of drug-likeness (QED) is 0.512. The predicted molar refractivity (Wildman–Crippen MR) is 72.0 cm³/mol. The van der Waals surface area contributed by atoms with Crippen molar-refractivity contribution in [3.8, 4) is 5.75 Å². The molecule has 4 nitrogen and oxygen atoms in total. The first-order valence-electron chi connectivity index (χ1n) is 6.04. The van der Waals surface area contributed by atoms with Crippen LogP contribution < -0.4 is 9.92 Å². The van der Waals surface area contributed by atoms with Crippen LogP contribution >= 0.6 is 0 Å². The Balaban J connectivity index is 3.62. The smallest absolute Gasteiger partial charge is 0.449 e. The highest BCUT2D eigenvalue weighted by Gasteiger charge is 2.28. The van der Waals surface area contributed by atoms with Crippen LogP contribution in [0.2, 0.25) is 0 Å². The molecule has 1 aromatic carbocycles. The van der Waals surface area contributed by atoms with Gasteiger partial charge in [0, 0.05) is 6.54 Å². The van der Waals surface area contributed by atoms with Crippen molar-refractivity contribution in [3.05, 3.63) is 27.8 Å². The van der Waals surface area contributed by atoms with E-state index < -0.39 is 29.6 Å². The summed E-state index contributed by atoms with van der Waals surface area (Å²) in [6, 6.07) is 0. The largest absolute Gasteiger partial charge is 0.488 e. The monoisotopic (exact) mass is 328 g/mol. The van der Waals surface area contributed by atoms with Gasteiger partial charge in [-0.3, -0.25) is 0 Å². The number of rotatable bonds is 5. The van der Waals surface area contributed by atoms with E-state index in [0.717, 1.165) is 0 Å². The van der Waals surface area contributed by atoms with Gasteiger partial charge in [0.1, 0.15) is 0 Å². The minimum Gasteiger partial charge on any atom is -0.449 e. The molecule has 1 rings (SSSR count). The van der Waals surface area contributed by atoms with Gasteiger partial charge in [-0.1, -0.05) is 15.8 Å². The number of hydrogen-bond donors (Lipinski definition) is 1. The Morgan fingerprint density at radius 3 is 1.90 bits per heavy atom. The lowest BCUT2D eigenvalue weighted by atomic mass is 9.77. The molecule has 0 saturated heterocycles. The summed E-state index contributed by atoms with van der Waals surface area (Å²) in [4.78, 5) is 0. The zero-order chi connectivity index (χ0) is 16.6. The fourth-order valence-corrected chi connectivity index (χ4v) is 2.82. The Bertz CT molecular complexity index is 659. The summed E-state index contributed by atoms with van der Waals surface area (Å²) in [6.07, 6.45) is -1.21. The van der Waals surface area contributed by atoms with E-state index in [9.17, 15) is 25.3 Å². The van der Waals surface area contributed by atoms with Crippen LogP contribution in [0.15, 0.2) is 0 Å². The molecule has 0 atom stereocenters. The van der Waals surface area contributed by atoms with Crippen LogP contribution in [0.4, 0.5) is 16.8 Å². The van der Waals surface area contributed by atoms with Gasteiger partial charge in [-0.15, -0.1) is 0 Å². The maximum absolute atomic E-state index is 12.7. The van der Waals surface area contributed by atoms with Gasteiger partial charge < -0.3 is 22.9 Å². The van der Waals surface area contributed by atoms with Gasteiger partial charge in [0.25, 0.3) is 0 Å². The Kier molecular flexibility index (Phi) is 4.94.